The van der Waals surface area contributed by atoms with Crippen LogP contribution in [0.5, 0.6) is 0 Å². The van der Waals surface area contributed by atoms with Gasteiger partial charge in [-0.1, -0.05) is 24.3 Å². The number of nitrogens with one attached hydrogen (secondary N) is 3. The topological polar surface area (TPSA) is 170 Å². The molecule has 0 bridgehead atoms. The van der Waals surface area contributed by atoms with Crippen LogP contribution in [0.15, 0.2) is 65.6 Å². The van der Waals surface area contributed by atoms with Crippen LogP contribution >= 0.6 is 0 Å². The molecule has 2 aliphatic rings. The number of amides is 3. The molecule has 1 aliphatic heterocycles. The Morgan fingerprint density at radius 3 is 2.42 bits per heavy atom. The minimum atomic E-state index is -0.990. The van der Waals surface area contributed by atoms with E-state index in [2.05, 4.69) is 43.4 Å². The molecule has 2 aromatic carbocycles. The summed E-state index contributed by atoms with van der Waals surface area (Å²) in [6.07, 6.45) is 4.22. The number of rotatable bonds is 10. The molecule has 1 atom stereocenters. The lowest BCUT2D eigenvalue weighted by molar-refractivity contribution is -0.127. The van der Waals surface area contributed by atoms with Gasteiger partial charge in [0.15, 0.2) is 0 Å². The summed E-state index contributed by atoms with van der Waals surface area (Å²) in [5.74, 6) is -0.0430. The number of ether oxygens (including phenoxy) is 1. The van der Waals surface area contributed by atoms with Crippen molar-refractivity contribution in [1.82, 2.24) is 25.4 Å². The fraction of sp³-hybridized carbons (Fsp3) is 0.462. The predicted molar refractivity (Wildman–Crippen MR) is 202 cm³/mol. The Balaban J connectivity index is 1.23. The number of hydrogen-bond donors (Lipinski definition) is 4. The van der Waals surface area contributed by atoms with Crippen LogP contribution in [-0.2, 0) is 20.7 Å². The first kappa shape index (κ1) is 36.6. The molecule has 6 rings (SSSR count). The number of nitrogens with two attached hydrogens (primary N) is 1. The second-order valence-corrected chi connectivity index (χ2v) is 15.1. The van der Waals surface area contributed by atoms with Gasteiger partial charge < -0.3 is 25.6 Å². The normalized spacial score (nSPS) is 18.9. The molecule has 0 spiro atoms. The molecule has 1 aliphatic carbocycles. The van der Waals surface area contributed by atoms with E-state index in [0.29, 0.717) is 36.0 Å². The molecular formula is C39H50N8O5. The van der Waals surface area contributed by atoms with E-state index in [4.69, 9.17) is 10.5 Å². The number of carbonyl (C=O) groups excluding carboxylic acids is 3. The third-order valence-corrected chi connectivity index (χ3v) is 10.1. The van der Waals surface area contributed by atoms with E-state index in [1.807, 2.05) is 57.3 Å². The molecule has 52 heavy (non-hydrogen) atoms. The molecule has 2 aromatic heterocycles. The highest BCUT2D eigenvalue weighted by Gasteiger charge is 2.36. The first-order valence-electron chi connectivity index (χ1n) is 18.1. The van der Waals surface area contributed by atoms with Gasteiger partial charge in [0.2, 0.25) is 11.8 Å². The minimum absolute atomic E-state index is 0.193. The summed E-state index contributed by atoms with van der Waals surface area (Å²) in [6, 6.07) is 16.1. The smallest absolute Gasteiger partial charge is 0.407 e. The van der Waals surface area contributed by atoms with Gasteiger partial charge in [-0.15, -0.1) is 0 Å². The Bertz CT molecular complexity index is 1950. The van der Waals surface area contributed by atoms with Gasteiger partial charge >= 0.3 is 6.09 Å². The number of H-pyrrole nitrogens is 2. The predicted octanol–water partition coefficient (Wildman–Crippen LogP) is 4.43. The standard InChI is InChI=1S/C39H50N8O5/c1-39(2,3)52-38(51)42-24-25-8-10-27(11-9-25)37(50)47(30-12-13-31-32(23-30)43-44-36(31)49)33(35(40)48)21-26-6-5-7-28(20-26)29-14-15-41-34(22-29)46-18-16-45(4)17-19-46/h5-7,12-15,20,22-23,25,27,33H,8-11,16-19,21,24H2,1-4H3,(H2,40,48)(H,42,51)(H2,43,44,49)/t25?,27?,33-/m0/s1. The second-order valence-electron chi connectivity index (χ2n) is 15.1. The molecular weight excluding hydrogens is 660 g/mol. The second kappa shape index (κ2) is 15.6. The number of nitrogens with zero attached hydrogens (tertiary/aromatic N) is 4. The first-order chi connectivity index (χ1) is 24.8. The average Bonchev–Trinajstić information content (AvgIpc) is 3.50. The van der Waals surface area contributed by atoms with E-state index >= 15 is 0 Å². The van der Waals surface area contributed by atoms with Crippen molar-refractivity contribution < 1.29 is 19.1 Å². The van der Waals surface area contributed by atoms with Gasteiger partial charge in [-0.25, -0.2) is 9.78 Å². The number of aromatic amines is 2. The zero-order chi connectivity index (χ0) is 37.0. The number of alkyl carbamates (subject to hydrolysis) is 1. The lowest BCUT2D eigenvalue weighted by Gasteiger charge is -2.36. The third-order valence-electron chi connectivity index (χ3n) is 10.1. The van der Waals surface area contributed by atoms with Gasteiger partial charge in [0.25, 0.3) is 5.56 Å². The summed E-state index contributed by atoms with van der Waals surface area (Å²) in [6.45, 7) is 9.70. The number of fused-ring (bicyclic) bond motifs is 1. The van der Waals surface area contributed by atoms with Gasteiger partial charge in [0, 0.05) is 56.9 Å². The summed E-state index contributed by atoms with van der Waals surface area (Å²) in [7, 11) is 2.12. The van der Waals surface area contributed by atoms with Gasteiger partial charge in [-0.05, 0) is 106 Å². The van der Waals surface area contributed by atoms with Crippen LogP contribution in [-0.4, -0.2) is 89.4 Å². The van der Waals surface area contributed by atoms with Crippen LogP contribution in [0, 0.1) is 11.8 Å². The molecule has 3 amide bonds. The maximum Gasteiger partial charge on any atom is 0.407 e. The Labute approximate surface area is 303 Å². The fourth-order valence-corrected chi connectivity index (χ4v) is 7.21. The number of anilines is 2. The number of carbonyl (C=O) groups is 3. The first-order valence-corrected chi connectivity index (χ1v) is 18.1. The van der Waals surface area contributed by atoms with Crippen LogP contribution in [0.25, 0.3) is 22.0 Å². The highest BCUT2D eigenvalue weighted by atomic mass is 16.6. The molecule has 1 saturated carbocycles. The monoisotopic (exact) mass is 710 g/mol. The van der Waals surface area contributed by atoms with Crippen LogP contribution in [0.2, 0.25) is 0 Å². The Morgan fingerprint density at radius 2 is 1.71 bits per heavy atom. The molecule has 3 heterocycles. The maximum atomic E-state index is 14.5. The van der Waals surface area contributed by atoms with Crippen molar-refractivity contribution in [2.45, 2.75) is 64.5 Å². The number of piperazine rings is 1. The molecule has 4 aromatic rings. The Morgan fingerprint density at radius 1 is 0.981 bits per heavy atom. The molecule has 2 fully saturated rings. The maximum absolute atomic E-state index is 14.5. The number of benzene rings is 2. The van der Waals surface area contributed by atoms with Gasteiger partial charge in [-0.2, -0.15) is 0 Å². The van der Waals surface area contributed by atoms with Crippen LogP contribution in [0.3, 0.4) is 0 Å². The van der Waals surface area contributed by atoms with Crippen molar-refractivity contribution in [3.63, 3.8) is 0 Å². The molecule has 0 unspecified atom stereocenters. The molecule has 1 saturated heterocycles. The van der Waals surface area contributed by atoms with E-state index in [9.17, 15) is 19.2 Å². The SMILES string of the molecule is CN1CCN(c2cc(-c3cccc(C[C@@H](C(N)=O)N(C(=O)C4CCC(CNC(=O)OC(C)(C)C)CC4)c4ccc5c(=O)[nH][nH]c5c4)c3)ccn2)CC1. The fourth-order valence-electron chi connectivity index (χ4n) is 7.21. The molecule has 276 valence electrons. The van der Waals surface area contributed by atoms with E-state index < -0.39 is 23.6 Å². The summed E-state index contributed by atoms with van der Waals surface area (Å²) >= 11 is 0. The van der Waals surface area contributed by atoms with Crippen LogP contribution in [0.4, 0.5) is 16.3 Å². The van der Waals surface area contributed by atoms with Crippen molar-refractivity contribution in [2.24, 2.45) is 17.6 Å². The van der Waals surface area contributed by atoms with Gasteiger partial charge in [0.05, 0.1) is 10.9 Å². The van der Waals surface area contributed by atoms with E-state index in [1.165, 1.54) is 4.90 Å². The highest BCUT2D eigenvalue weighted by molar-refractivity contribution is 6.03. The number of likely N-dealkylation sites (N-methyl/N-ethyl adjacent to an activating group) is 1. The van der Waals surface area contributed by atoms with Crippen LogP contribution in [0.1, 0.15) is 52.0 Å². The summed E-state index contributed by atoms with van der Waals surface area (Å²) < 4.78 is 5.38. The zero-order valence-electron chi connectivity index (χ0n) is 30.5. The number of aromatic nitrogens is 3. The van der Waals surface area contributed by atoms with Gasteiger partial charge in [0.1, 0.15) is 17.5 Å². The minimum Gasteiger partial charge on any atom is -0.444 e. The van der Waals surface area contributed by atoms with Crippen molar-refractivity contribution in [3.05, 3.63) is 76.7 Å². The number of pyridine rings is 1. The summed E-state index contributed by atoms with van der Waals surface area (Å²) in [5, 5.41) is 8.77. The lowest BCUT2D eigenvalue weighted by atomic mass is 9.81. The zero-order valence-corrected chi connectivity index (χ0v) is 30.5. The van der Waals surface area contributed by atoms with Crippen molar-refractivity contribution in [1.29, 1.82) is 0 Å². The number of hydrogen-bond acceptors (Lipinski definition) is 8. The molecule has 13 nitrogen and oxygen atoms in total. The molecule has 0 radical (unpaired) electrons. The highest BCUT2D eigenvalue weighted by Crippen LogP contribution is 2.34. The van der Waals surface area contributed by atoms with E-state index in [-0.39, 0.29) is 29.7 Å². The summed E-state index contributed by atoms with van der Waals surface area (Å²) in [4.78, 5) is 63.2. The van der Waals surface area contributed by atoms with E-state index in [0.717, 1.165) is 61.5 Å². The van der Waals surface area contributed by atoms with Crippen LogP contribution < -0.4 is 26.4 Å². The number of primary amides is 1. The van der Waals surface area contributed by atoms with Crippen molar-refractivity contribution in [3.8, 4) is 11.1 Å². The molecule has 5 N–H and O–H groups in total. The average molecular weight is 711 g/mol. The largest absolute Gasteiger partial charge is 0.444 e. The van der Waals surface area contributed by atoms with E-state index in [1.54, 1.807) is 18.2 Å². The summed E-state index contributed by atoms with van der Waals surface area (Å²) in [5.41, 5.74) is 9.12. The Kier molecular flexibility index (Phi) is 11.0. The van der Waals surface area contributed by atoms with Gasteiger partial charge in [-0.3, -0.25) is 29.5 Å². The quantitative estimate of drug-likeness (QED) is 0.187. The van der Waals surface area contributed by atoms with Crippen molar-refractivity contribution >= 4 is 40.3 Å². The third kappa shape index (κ3) is 8.82. The molecule has 13 heteroatoms. The Hall–Kier alpha value is -5.17. The lowest BCUT2D eigenvalue weighted by Crippen LogP contribution is -2.52. The van der Waals surface area contributed by atoms with Crippen molar-refractivity contribution in [2.75, 3.05) is 49.6 Å².